The molecule has 0 aliphatic rings. The van der Waals surface area contributed by atoms with Crippen LogP contribution in [0.1, 0.15) is 11.3 Å². The van der Waals surface area contributed by atoms with Crippen LogP contribution >= 0.6 is 0 Å². The van der Waals surface area contributed by atoms with E-state index in [0.717, 1.165) is 22.2 Å². The van der Waals surface area contributed by atoms with Crippen LogP contribution in [0.2, 0.25) is 0 Å². The zero-order valence-corrected chi connectivity index (χ0v) is 9.36. The molecule has 0 atom stereocenters. The molecule has 0 aliphatic carbocycles. The van der Waals surface area contributed by atoms with Crippen molar-refractivity contribution in [3.05, 3.63) is 41.6 Å². The molecule has 0 bridgehead atoms. The van der Waals surface area contributed by atoms with Crippen molar-refractivity contribution < 1.29 is 28.8 Å². The molecule has 0 unspecified atom stereocenters. The average molecular weight is 207 g/mol. The molecule has 0 amide bonds. The van der Waals surface area contributed by atoms with Crippen molar-refractivity contribution in [1.82, 2.24) is 4.98 Å². The molecule has 4 heteroatoms. The van der Waals surface area contributed by atoms with Crippen LogP contribution in [0.15, 0.2) is 30.3 Å². The van der Waals surface area contributed by atoms with Crippen LogP contribution in [0.3, 0.4) is 0 Å². The van der Waals surface area contributed by atoms with Crippen molar-refractivity contribution in [1.29, 1.82) is 0 Å². The number of carboxylic acids is 1. The number of pyridine rings is 1. The van der Waals surface area contributed by atoms with Gasteiger partial charge in [0.15, 0.2) is 0 Å². The maximum absolute atomic E-state index is 10.6. The number of carboxylic acid groups (broad SMARTS) is 1. The first-order valence-electron chi connectivity index (χ1n) is 4.72. The topological polar surface area (TPSA) is 53.0 Å². The molecule has 0 N–H and O–H groups in total. The predicted molar refractivity (Wildman–Crippen MR) is 55.2 cm³/mol. The SMILES string of the molecule is Cc1cc(CC(=O)[O-])c2ccccc2n1.[Li+]. The van der Waals surface area contributed by atoms with Gasteiger partial charge in [-0.1, -0.05) is 18.2 Å². The third-order valence-electron chi connectivity index (χ3n) is 2.26. The second-order valence-electron chi connectivity index (χ2n) is 3.49. The Hall–Kier alpha value is -1.30. The molecule has 0 spiro atoms. The van der Waals surface area contributed by atoms with Crippen molar-refractivity contribution in [2.75, 3.05) is 0 Å². The van der Waals surface area contributed by atoms with Crippen molar-refractivity contribution >= 4 is 16.9 Å². The zero-order chi connectivity index (χ0) is 10.8. The van der Waals surface area contributed by atoms with Crippen LogP contribution in [0.4, 0.5) is 0 Å². The second kappa shape index (κ2) is 5.16. The number of para-hydroxylation sites is 1. The van der Waals surface area contributed by atoms with Crippen LogP contribution in [0.5, 0.6) is 0 Å². The van der Waals surface area contributed by atoms with Crippen LogP contribution in [-0.4, -0.2) is 11.0 Å². The van der Waals surface area contributed by atoms with Crippen LogP contribution in [0.25, 0.3) is 10.9 Å². The number of hydrogen-bond acceptors (Lipinski definition) is 3. The van der Waals surface area contributed by atoms with Gasteiger partial charge in [-0.15, -0.1) is 0 Å². The molecule has 16 heavy (non-hydrogen) atoms. The summed E-state index contributed by atoms with van der Waals surface area (Å²) in [7, 11) is 0. The van der Waals surface area contributed by atoms with Gasteiger partial charge in [0.25, 0.3) is 0 Å². The molecule has 0 fully saturated rings. The first kappa shape index (κ1) is 12.8. The minimum absolute atomic E-state index is 0. The minimum atomic E-state index is -1.06. The van der Waals surface area contributed by atoms with Gasteiger partial charge in [-0.2, -0.15) is 0 Å². The van der Waals surface area contributed by atoms with E-state index in [2.05, 4.69) is 4.98 Å². The maximum atomic E-state index is 10.6. The van der Waals surface area contributed by atoms with Crippen molar-refractivity contribution in [3.8, 4) is 0 Å². The predicted octanol–water partition coefficient (Wildman–Crippen LogP) is -2.16. The average Bonchev–Trinajstić information content (AvgIpc) is 2.16. The first-order chi connectivity index (χ1) is 7.16. The number of benzene rings is 1. The van der Waals surface area contributed by atoms with Crippen LogP contribution in [-0.2, 0) is 11.2 Å². The molecular weight excluding hydrogens is 197 g/mol. The summed E-state index contributed by atoms with van der Waals surface area (Å²) in [6.45, 7) is 1.85. The number of carbonyl (C=O) groups is 1. The van der Waals surface area contributed by atoms with E-state index in [1.807, 2.05) is 31.2 Å². The van der Waals surface area contributed by atoms with Gasteiger partial charge in [-0.25, -0.2) is 0 Å². The van der Waals surface area contributed by atoms with Crippen molar-refractivity contribution in [2.24, 2.45) is 0 Å². The largest absolute Gasteiger partial charge is 1.00 e. The molecular formula is C12H10LiNO2. The minimum Gasteiger partial charge on any atom is -0.550 e. The van der Waals surface area contributed by atoms with Gasteiger partial charge in [0.1, 0.15) is 0 Å². The van der Waals surface area contributed by atoms with Gasteiger partial charge >= 0.3 is 18.9 Å². The molecule has 2 rings (SSSR count). The monoisotopic (exact) mass is 207 g/mol. The quantitative estimate of drug-likeness (QED) is 0.527. The van der Waals surface area contributed by atoms with E-state index in [-0.39, 0.29) is 25.3 Å². The fourth-order valence-electron chi connectivity index (χ4n) is 1.70. The van der Waals surface area contributed by atoms with Gasteiger partial charge < -0.3 is 9.90 Å². The van der Waals surface area contributed by atoms with Crippen molar-refractivity contribution in [3.63, 3.8) is 0 Å². The summed E-state index contributed by atoms with van der Waals surface area (Å²) in [5.41, 5.74) is 2.41. The third kappa shape index (κ3) is 2.63. The Kier molecular flexibility index (Phi) is 4.11. The summed E-state index contributed by atoms with van der Waals surface area (Å²) in [5.74, 6) is -1.06. The summed E-state index contributed by atoms with van der Waals surface area (Å²) in [6, 6.07) is 9.30. The van der Waals surface area contributed by atoms with Gasteiger partial charge in [0.2, 0.25) is 0 Å². The van der Waals surface area contributed by atoms with Gasteiger partial charge in [0.05, 0.1) is 5.52 Å². The number of aromatic nitrogens is 1. The standard InChI is InChI=1S/C12H11NO2.Li/c1-8-6-9(7-12(14)15)10-4-2-3-5-11(10)13-8;/h2-6H,7H2,1H3,(H,14,15);/q;+1/p-1. The molecule has 1 aromatic heterocycles. The summed E-state index contributed by atoms with van der Waals surface area (Å²) in [4.78, 5) is 14.9. The van der Waals surface area contributed by atoms with Crippen molar-refractivity contribution in [2.45, 2.75) is 13.3 Å². The number of fused-ring (bicyclic) bond motifs is 1. The normalized spacial score (nSPS) is 9.81. The van der Waals surface area contributed by atoms with E-state index in [0.29, 0.717) is 0 Å². The first-order valence-corrected chi connectivity index (χ1v) is 4.72. The Labute approximate surface area is 106 Å². The Bertz CT molecular complexity index is 525. The summed E-state index contributed by atoms with van der Waals surface area (Å²) >= 11 is 0. The fourth-order valence-corrected chi connectivity index (χ4v) is 1.70. The second-order valence-corrected chi connectivity index (χ2v) is 3.49. The molecule has 3 nitrogen and oxygen atoms in total. The van der Waals surface area contributed by atoms with E-state index in [4.69, 9.17) is 0 Å². The summed E-state index contributed by atoms with van der Waals surface area (Å²) < 4.78 is 0. The molecule has 1 aromatic carbocycles. The Morgan fingerprint density at radius 2 is 2.06 bits per heavy atom. The van der Waals surface area contributed by atoms with E-state index in [9.17, 15) is 9.90 Å². The van der Waals surface area contributed by atoms with Gasteiger partial charge in [-0.05, 0) is 24.6 Å². The number of nitrogens with zero attached hydrogens (tertiary/aromatic N) is 1. The molecule has 2 aromatic rings. The number of aliphatic carboxylic acids is 1. The maximum Gasteiger partial charge on any atom is 1.00 e. The van der Waals surface area contributed by atoms with E-state index >= 15 is 0 Å². The number of rotatable bonds is 2. The Balaban J connectivity index is 0.00000128. The zero-order valence-electron chi connectivity index (χ0n) is 9.36. The third-order valence-corrected chi connectivity index (χ3v) is 2.26. The number of aryl methyl sites for hydroxylation is 1. The molecule has 0 saturated carbocycles. The summed E-state index contributed by atoms with van der Waals surface area (Å²) in [5, 5.41) is 11.5. The van der Waals surface area contributed by atoms with Crippen LogP contribution in [0, 0.1) is 6.92 Å². The molecule has 0 aliphatic heterocycles. The van der Waals surface area contributed by atoms with E-state index < -0.39 is 5.97 Å². The van der Waals surface area contributed by atoms with Gasteiger partial charge in [-0.3, -0.25) is 4.98 Å². The fraction of sp³-hybridized carbons (Fsp3) is 0.167. The Morgan fingerprint density at radius 1 is 1.38 bits per heavy atom. The molecule has 76 valence electrons. The van der Waals surface area contributed by atoms with Gasteiger partial charge in [0, 0.05) is 23.5 Å². The molecule has 0 saturated heterocycles. The van der Waals surface area contributed by atoms with E-state index in [1.54, 1.807) is 6.07 Å². The summed E-state index contributed by atoms with van der Waals surface area (Å²) in [6.07, 6.45) is -0.0656. The van der Waals surface area contributed by atoms with Crippen LogP contribution < -0.4 is 24.0 Å². The number of hydrogen-bond donors (Lipinski definition) is 0. The number of carbonyl (C=O) groups excluding carboxylic acids is 1. The van der Waals surface area contributed by atoms with E-state index in [1.165, 1.54) is 0 Å². The smallest absolute Gasteiger partial charge is 0.550 e. The molecule has 1 heterocycles. The molecule has 0 radical (unpaired) electrons. The Morgan fingerprint density at radius 3 is 2.75 bits per heavy atom.